The fourth-order valence-corrected chi connectivity index (χ4v) is 4.00. The van der Waals surface area contributed by atoms with E-state index < -0.39 is 16.0 Å². The maximum Gasteiger partial charge on any atom is 0.343 e. The predicted molar refractivity (Wildman–Crippen MR) is 114 cm³/mol. The first kappa shape index (κ1) is 22.0. The Bertz CT molecular complexity index is 1150. The molecule has 3 rings (SSSR count). The first-order chi connectivity index (χ1) is 14.3. The summed E-state index contributed by atoms with van der Waals surface area (Å²) in [7, 11) is -1.38. The van der Waals surface area contributed by atoms with Gasteiger partial charge in [0.25, 0.3) is 10.0 Å². The molecule has 0 aliphatic heterocycles. The number of esters is 1. The molecule has 30 heavy (non-hydrogen) atoms. The van der Waals surface area contributed by atoms with Gasteiger partial charge in [0.2, 0.25) is 0 Å². The van der Waals surface area contributed by atoms with Gasteiger partial charge in [-0.15, -0.1) is 0 Å². The van der Waals surface area contributed by atoms with Crippen LogP contribution in [0.15, 0.2) is 77.7 Å². The molecule has 3 aromatic carbocycles. The number of benzene rings is 3. The average molecular weight is 446 g/mol. The van der Waals surface area contributed by atoms with Crippen molar-refractivity contribution in [3.05, 3.63) is 94.5 Å². The summed E-state index contributed by atoms with van der Waals surface area (Å²) < 4.78 is 31.1. The van der Waals surface area contributed by atoms with Crippen molar-refractivity contribution in [3.63, 3.8) is 0 Å². The zero-order valence-electron chi connectivity index (χ0n) is 16.4. The summed E-state index contributed by atoms with van der Waals surface area (Å²) in [4.78, 5) is 17.4. The van der Waals surface area contributed by atoms with Crippen LogP contribution in [0.3, 0.4) is 0 Å². The molecule has 0 saturated heterocycles. The van der Waals surface area contributed by atoms with Crippen molar-refractivity contribution in [2.75, 3.05) is 14.2 Å². The molecule has 156 valence electrons. The minimum Gasteiger partial charge on any atom is -0.423 e. The number of rotatable bonds is 7. The van der Waals surface area contributed by atoms with Crippen LogP contribution in [0.2, 0.25) is 5.02 Å². The molecule has 6 nitrogen and oxygen atoms in total. The van der Waals surface area contributed by atoms with E-state index >= 15 is 0 Å². The van der Waals surface area contributed by atoms with Crippen molar-refractivity contribution in [1.29, 1.82) is 0 Å². The number of halogens is 1. The second-order valence-electron chi connectivity index (χ2n) is 6.43. The third-order valence-corrected chi connectivity index (χ3v) is 6.34. The first-order valence-electron chi connectivity index (χ1n) is 8.99. The zero-order chi connectivity index (χ0) is 21.7. The second-order valence-corrected chi connectivity index (χ2v) is 8.80. The number of hydroxylamine groups is 1. The third kappa shape index (κ3) is 5.06. The summed E-state index contributed by atoms with van der Waals surface area (Å²) in [6, 6.07) is 20.3. The Morgan fingerprint density at radius 1 is 1.00 bits per heavy atom. The molecule has 0 heterocycles. The second kappa shape index (κ2) is 9.40. The molecule has 0 unspecified atom stereocenters. The molecule has 8 heteroatoms. The van der Waals surface area contributed by atoms with E-state index in [-0.39, 0.29) is 10.5 Å². The van der Waals surface area contributed by atoms with Crippen LogP contribution in [0.1, 0.15) is 21.5 Å². The van der Waals surface area contributed by atoms with E-state index in [1.54, 1.807) is 18.2 Å². The number of carbonyl (C=O) groups excluding carboxylic acids is 1. The maximum atomic E-state index is 12.7. The maximum absolute atomic E-state index is 12.7. The number of hydrogen-bond acceptors (Lipinski definition) is 5. The number of carbonyl (C=O) groups is 1. The van der Waals surface area contributed by atoms with E-state index in [1.807, 2.05) is 30.3 Å². The topological polar surface area (TPSA) is 72.9 Å². The van der Waals surface area contributed by atoms with Crippen molar-refractivity contribution < 1.29 is 22.8 Å². The number of ether oxygens (including phenoxy) is 1. The summed E-state index contributed by atoms with van der Waals surface area (Å²) in [5, 5.41) is 0.524. The SMILES string of the molecule is CON(C)S(=O)(=O)c1cccc(C(=O)Oc2ccc(Cl)cc2Cc2ccccc2)c1. The lowest BCUT2D eigenvalue weighted by molar-refractivity contribution is -0.0258. The molecule has 0 spiro atoms. The highest BCUT2D eigenvalue weighted by Gasteiger charge is 2.22. The highest BCUT2D eigenvalue weighted by Crippen LogP contribution is 2.27. The third-order valence-electron chi connectivity index (χ3n) is 4.43. The van der Waals surface area contributed by atoms with Gasteiger partial charge in [-0.25, -0.2) is 13.2 Å². The molecule has 0 aliphatic carbocycles. The molecule has 0 radical (unpaired) electrons. The molecule has 0 N–H and O–H groups in total. The fraction of sp³-hybridized carbons (Fsp3) is 0.136. The number of hydrogen-bond donors (Lipinski definition) is 0. The smallest absolute Gasteiger partial charge is 0.343 e. The molecule has 0 aromatic heterocycles. The molecular formula is C22H20ClNO5S. The lowest BCUT2D eigenvalue weighted by Gasteiger charge is -2.15. The number of nitrogens with zero attached hydrogens (tertiary/aromatic N) is 1. The van der Waals surface area contributed by atoms with Crippen LogP contribution in [-0.4, -0.2) is 33.0 Å². The molecule has 0 fully saturated rings. The van der Waals surface area contributed by atoms with Crippen LogP contribution in [0.4, 0.5) is 0 Å². The molecule has 0 saturated carbocycles. The van der Waals surface area contributed by atoms with Crippen molar-refractivity contribution in [2.24, 2.45) is 0 Å². The largest absolute Gasteiger partial charge is 0.423 e. The van der Waals surface area contributed by atoms with Crippen molar-refractivity contribution in [3.8, 4) is 5.75 Å². The van der Waals surface area contributed by atoms with Gasteiger partial charge in [-0.1, -0.05) is 52.5 Å². The van der Waals surface area contributed by atoms with Crippen molar-refractivity contribution in [1.82, 2.24) is 4.47 Å². The Kier molecular flexibility index (Phi) is 6.89. The van der Waals surface area contributed by atoms with Crippen LogP contribution in [0.25, 0.3) is 0 Å². The van der Waals surface area contributed by atoms with Gasteiger partial charge in [-0.05, 0) is 42.0 Å². The van der Waals surface area contributed by atoms with Crippen LogP contribution in [0, 0.1) is 0 Å². The minimum atomic E-state index is -3.89. The van der Waals surface area contributed by atoms with Gasteiger partial charge in [0.1, 0.15) is 5.75 Å². The molecule has 0 amide bonds. The van der Waals surface area contributed by atoms with Gasteiger partial charge >= 0.3 is 5.97 Å². The average Bonchev–Trinajstić information content (AvgIpc) is 2.75. The summed E-state index contributed by atoms with van der Waals surface area (Å²) >= 11 is 6.13. The Balaban J connectivity index is 1.87. The Morgan fingerprint density at radius 3 is 2.43 bits per heavy atom. The van der Waals surface area contributed by atoms with Crippen LogP contribution in [0.5, 0.6) is 5.75 Å². The number of sulfonamides is 1. The van der Waals surface area contributed by atoms with Gasteiger partial charge < -0.3 is 4.74 Å². The van der Waals surface area contributed by atoms with Gasteiger partial charge in [0.05, 0.1) is 17.6 Å². The highest BCUT2D eigenvalue weighted by molar-refractivity contribution is 7.89. The van der Waals surface area contributed by atoms with E-state index in [1.165, 1.54) is 38.4 Å². The van der Waals surface area contributed by atoms with E-state index in [2.05, 4.69) is 0 Å². The summed E-state index contributed by atoms with van der Waals surface area (Å²) in [6.45, 7) is 0. The van der Waals surface area contributed by atoms with Gasteiger partial charge in [0.15, 0.2) is 0 Å². The standard InChI is InChI=1S/C22H20ClNO5S/c1-24(28-2)30(26,27)20-10-6-9-17(15-20)22(25)29-21-12-11-19(23)14-18(21)13-16-7-4-3-5-8-16/h3-12,14-15H,13H2,1-2H3. The van der Waals surface area contributed by atoms with E-state index in [4.69, 9.17) is 21.2 Å². The normalized spacial score (nSPS) is 11.5. The summed E-state index contributed by atoms with van der Waals surface area (Å²) in [5.41, 5.74) is 1.87. The fourth-order valence-electron chi connectivity index (χ4n) is 2.79. The van der Waals surface area contributed by atoms with Crippen molar-refractivity contribution in [2.45, 2.75) is 11.3 Å². The molecule has 0 bridgehead atoms. The van der Waals surface area contributed by atoms with E-state index in [0.29, 0.717) is 21.7 Å². The van der Waals surface area contributed by atoms with Gasteiger partial charge in [-0.3, -0.25) is 4.84 Å². The van der Waals surface area contributed by atoms with Crippen LogP contribution >= 0.6 is 11.6 Å². The van der Waals surface area contributed by atoms with Gasteiger partial charge in [0, 0.05) is 24.1 Å². The van der Waals surface area contributed by atoms with Crippen LogP contribution < -0.4 is 4.74 Å². The Hall–Kier alpha value is -2.71. The summed E-state index contributed by atoms with van der Waals surface area (Å²) in [6.07, 6.45) is 0.525. The molecule has 0 aliphatic rings. The van der Waals surface area contributed by atoms with Crippen LogP contribution in [-0.2, 0) is 21.3 Å². The Morgan fingerprint density at radius 2 is 1.73 bits per heavy atom. The predicted octanol–water partition coefficient (Wildman–Crippen LogP) is 4.33. The molecule has 0 atom stereocenters. The Labute approximate surface area is 180 Å². The van der Waals surface area contributed by atoms with E-state index in [0.717, 1.165) is 11.1 Å². The highest BCUT2D eigenvalue weighted by atomic mass is 35.5. The lowest BCUT2D eigenvalue weighted by atomic mass is 10.0. The quantitative estimate of drug-likeness (QED) is 0.307. The van der Waals surface area contributed by atoms with E-state index in [9.17, 15) is 13.2 Å². The monoisotopic (exact) mass is 445 g/mol. The first-order valence-corrected chi connectivity index (χ1v) is 10.8. The lowest BCUT2D eigenvalue weighted by Crippen LogP contribution is -2.26. The zero-order valence-corrected chi connectivity index (χ0v) is 18.0. The van der Waals surface area contributed by atoms with Gasteiger partial charge in [-0.2, -0.15) is 0 Å². The minimum absolute atomic E-state index is 0.0816. The summed E-state index contributed by atoms with van der Waals surface area (Å²) in [5.74, 6) is -0.320. The van der Waals surface area contributed by atoms with Crippen molar-refractivity contribution >= 4 is 27.6 Å². The molecule has 3 aromatic rings. The molecular weight excluding hydrogens is 426 g/mol.